The molecule has 0 atom stereocenters. The largest absolute Gasteiger partial charge is 0.405 e. The average Bonchev–Trinajstić information content (AvgIpc) is 2.71. The molecule has 150 valence electrons. The summed E-state index contributed by atoms with van der Waals surface area (Å²) in [4.78, 5) is 24.8. The van der Waals surface area contributed by atoms with E-state index in [-0.39, 0.29) is 17.0 Å². The second kappa shape index (κ2) is 7.75. The summed E-state index contributed by atoms with van der Waals surface area (Å²) >= 11 is 0. The van der Waals surface area contributed by atoms with Gasteiger partial charge < -0.3 is 9.73 Å². The van der Waals surface area contributed by atoms with Gasteiger partial charge in [0.1, 0.15) is 17.5 Å². The molecule has 0 spiro atoms. The van der Waals surface area contributed by atoms with E-state index in [0.29, 0.717) is 22.6 Å². The standard InChI is InChI=1S/C22H13F3N2O3/c23-13-7-5-12(6-8-13)19-15-3-1-2-4-16(15)21(28)30-20(19)27-22(29)26-18-10-9-14(24)11-17(18)25/h1-11H,(H2,26,27,29). The van der Waals surface area contributed by atoms with Crippen molar-refractivity contribution >= 4 is 28.4 Å². The van der Waals surface area contributed by atoms with E-state index in [0.717, 1.165) is 12.1 Å². The second-order valence-electron chi connectivity index (χ2n) is 6.35. The predicted molar refractivity (Wildman–Crippen MR) is 107 cm³/mol. The number of amides is 2. The van der Waals surface area contributed by atoms with Crippen LogP contribution in [0.1, 0.15) is 0 Å². The number of carbonyl (C=O) groups excluding carboxylic acids is 1. The number of carbonyl (C=O) groups is 1. The summed E-state index contributed by atoms with van der Waals surface area (Å²) in [5.74, 6) is -2.42. The quantitative estimate of drug-likeness (QED) is 0.467. The monoisotopic (exact) mass is 410 g/mol. The molecule has 1 aromatic heterocycles. The summed E-state index contributed by atoms with van der Waals surface area (Å²) in [6, 6.07) is 13.7. The number of fused-ring (bicyclic) bond motifs is 1. The SMILES string of the molecule is O=C(Nc1ccc(F)cc1F)Nc1oc(=O)c2ccccc2c1-c1ccc(F)cc1. The molecule has 0 aliphatic rings. The minimum absolute atomic E-state index is 0.203. The molecule has 0 aliphatic heterocycles. The smallest absolute Gasteiger partial charge is 0.345 e. The van der Waals surface area contributed by atoms with E-state index >= 15 is 0 Å². The lowest BCUT2D eigenvalue weighted by atomic mass is 10.0. The molecule has 1 heterocycles. The van der Waals surface area contributed by atoms with Crippen LogP contribution in [-0.4, -0.2) is 6.03 Å². The molecule has 4 rings (SSSR count). The Balaban J connectivity index is 1.78. The number of anilines is 2. The summed E-state index contributed by atoms with van der Waals surface area (Å²) in [7, 11) is 0. The molecule has 0 saturated carbocycles. The third-order valence-corrected chi connectivity index (χ3v) is 4.38. The maximum Gasteiger partial charge on any atom is 0.345 e. The molecule has 2 amide bonds. The number of hydrogen-bond acceptors (Lipinski definition) is 3. The van der Waals surface area contributed by atoms with Gasteiger partial charge in [0, 0.05) is 11.5 Å². The van der Waals surface area contributed by atoms with Gasteiger partial charge in [0.2, 0.25) is 5.88 Å². The summed E-state index contributed by atoms with van der Waals surface area (Å²) < 4.78 is 45.5. The van der Waals surface area contributed by atoms with Crippen LogP contribution in [0.2, 0.25) is 0 Å². The van der Waals surface area contributed by atoms with Gasteiger partial charge in [-0.15, -0.1) is 0 Å². The number of nitrogens with one attached hydrogen (secondary N) is 2. The van der Waals surface area contributed by atoms with Crippen LogP contribution < -0.4 is 16.3 Å². The first-order valence-corrected chi connectivity index (χ1v) is 8.77. The van der Waals surface area contributed by atoms with Crippen LogP contribution in [-0.2, 0) is 0 Å². The second-order valence-corrected chi connectivity index (χ2v) is 6.35. The molecule has 0 saturated heterocycles. The van der Waals surface area contributed by atoms with E-state index in [1.54, 1.807) is 24.3 Å². The third kappa shape index (κ3) is 3.75. The van der Waals surface area contributed by atoms with E-state index < -0.39 is 29.1 Å². The molecule has 0 fully saturated rings. The summed E-state index contributed by atoms with van der Waals surface area (Å²) in [5.41, 5.74) is -0.125. The fraction of sp³-hybridized carbons (Fsp3) is 0. The minimum Gasteiger partial charge on any atom is -0.405 e. The van der Waals surface area contributed by atoms with Crippen molar-refractivity contribution in [3.8, 4) is 11.1 Å². The van der Waals surface area contributed by atoms with Gasteiger partial charge in [0.05, 0.1) is 16.6 Å². The topological polar surface area (TPSA) is 71.3 Å². The molecule has 30 heavy (non-hydrogen) atoms. The van der Waals surface area contributed by atoms with Crippen LogP contribution in [0.3, 0.4) is 0 Å². The number of urea groups is 1. The summed E-state index contributed by atoms with van der Waals surface area (Å²) in [5, 5.41) is 5.35. The molecule has 5 nitrogen and oxygen atoms in total. The van der Waals surface area contributed by atoms with Crippen molar-refractivity contribution in [2.45, 2.75) is 0 Å². The summed E-state index contributed by atoms with van der Waals surface area (Å²) in [6.45, 7) is 0. The molecule has 2 N–H and O–H groups in total. The highest BCUT2D eigenvalue weighted by molar-refractivity contribution is 6.06. The number of benzene rings is 3. The lowest BCUT2D eigenvalue weighted by molar-refractivity contribution is 0.261. The Labute approximate surface area is 167 Å². The minimum atomic E-state index is -0.969. The molecular weight excluding hydrogens is 397 g/mol. The van der Waals surface area contributed by atoms with Crippen molar-refractivity contribution in [2.24, 2.45) is 0 Å². The van der Waals surface area contributed by atoms with Crippen molar-refractivity contribution in [2.75, 3.05) is 10.6 Å². The zero-order valence-electron chi connectivity index (χ0n) is 15.2. The van der Waals surface area contributed by atoms with E-state index in [4.69, 9.17) is 4.42 Å². The van der Waals surface area contributed by atoms with Crippen molar-refractivity contribution < 1.29 is 22.4 Å². The van der Waals surface area contributed by atoms with Crippen LogP contribution >= 0.6 is 0 Å². The fourth-order valence-electron chi connectivity index (χ4n) is 3.04. The average molecular weight is 410 g/mol. The first-order chi connectivity index (χ1) is 14.4. The van der Waals surface area contributed by atoms with Crippen LogP contribution in [0.15, 0.2) is 75.9 Å². The Bertz CT molecular complexity index is 1320. The fourth-order valence-corrected chi connectivity index (χ4v) is 3.04. The first kappa shape index (κ1) is 19.3. The van der Waals surface area contributed by atoms with Crippen LogP contribution in [0.5, 0.6) is 0 Å². The Morgan fingerprint density at radius 3 is 2.17 bits per heavy atom. The van der Waals surface area contributed by atoms with E-state index in [9.17, 15) is 22.8 Å². The molecule has 0 unspecified atom stereocenters. The van der Waals surface area contributed by atoms with Crippen molar-refractivity contribution in [3.05, 3.63) is 94.6 Å². The molecular formula is C22H13F3N2O3. The highest BCUT2D eigenvalue weighted by Crippen LogP contribution is 2.34. The van der Waals surface area contributed by atoms with Gasteiger partial charge in [-0.25, -0.2) is 22.8 Å². The van der Waals surface area contributed by atoms with Crippen molar-refractivity contribution in [1.29, 1.82) is 0 Å². The van der Waals surface area contributed by atoms with E-state index in [1.807, 2.05) is 0 Å². The van der Waals surface area contributed by atoms with Gasteiger partial charge in [-0.05, 0) is 35.9 Å². The zero-order valence-corrected chi connectivity index (χ0v) is 15.2. The predicted octanol–water partition coefficient (Wildman–Crippen LogP) is 5.52. The highest BCUT2D eigenvalue weighted by Gasteiger charge is 2.18. The number of halogens is 3. The Morgan fingerprint density at radius 1 is 0.800 bits per heavy atom. The van der Waals surface area contributed by atoms with Gasteiger partial charge in [-0.3, -0.25) is 5.32 Å². The van der Waals surface area contributed by atoms with Gasteiger partial charge in [0.25, 0.3) is 0 Å². The molecule has 8 heteroatoms. The number of hydrogen-bond donors (Lipinski definition) is 2. The Kier molecular flexibility index (Phi) is 4.97. The maximum atomic E-state index is 13.8. The van der Waals surface area contributed by atoms with Gasteiger partial charge in [-0.2, -0.15) is 0 Å². The lowest BCUT2D eigenvalue weighted by Crippen LogP contribution is -2.21. The van der Waals surface area contributed by atoms with Gasteiger partial charge in [-0.1, -0.05) is 30.3 Å². The summed E-state index contributed by atoms with van der Waals surface area (Å²) in [6.07, 6.45) is 0. The third-order valence-electron chi connectivity index (χ3n) is 4.38. The van der Waals surface area contributed by atoms with Crippen LogP contribution in [0.25, 0.3) is 21.9 Å². The Morgan fingerprint density at radius 2 is 1.47 bits per heavy atom. The molecule has 0 radical (unpaired) electrons. The van der Waals surface area contributed by atoms with Gasteiger partial charge >= 0.3 is 11.7 Å². The Hall–Kier alpha value is -4.07. The van der Waals surface area contributed by atoms with Crippen LogP contribution in [0.4, 0.5) is 29.5 Å². The highest BCUT2D eigenvalue weighted by atomic mass is 19.1. The van der Waals surface area contributed by atoms with E-state index in [2.05, 4.69) is 10.6 Å². The maximum absolute atomic E-state index is 13.8. The van der Waals surface area contributed by atoms with E-state index in [1.165, 1.54) is 24.3 Å². The number of rotatable bonds is 3. The molecule has 0 aliphatic carbocycles. The molecule has 4 aromatic rings. The zero-order chi connectivity index (χ0) is 21.3. The van der Waals surface area contributed by atoms with Gasteiger partial charge in [0.15, 0.2) is 0 Å². The van der Waals surface area contributed by atoms with Crippen LogP contribution in [0, 0.1) is 17.5 Å². The van der Waals surface area contributed by atoms with Crippen molar-refractivity contribution in [1.82, 2.24) is 0 Å². The molecule has 3 aromatic carbocycles. The normalized spacial score (nSPS) is 10.8. The molecule has 0 bridgehead atoms. The first-order valence-electron chi connectivity index (χ1n) is 8.77. The lowest BCUT2D eigenvalue weighted by Gasteiger charge is -2.13. The van der Waals surface area contributed by atoms with Crippen molar-refractivity contribution in [3.63, 3.8) is 0 Å².